The second-order valence-electron chi connectivity index (χ2n) is 7.39. The third-order valence-electron chi connectivity index (χ3n) is 3.15. The van der Waals surface area contributed by atoms with Gasteiger partial charge < -0.3 is 11.1 Å². The molecule has 0 bridgehead atoms. The summed E-state index contributed by atoms with van der Waals surface area (Å²) >= 11 is 0. The Balaban J connectivity index is 2.23. The Bertz CT molecular complexity index is 609. The van der Waals surface area contributed by atoms with Gasteiger partial charge >= 0.3 is 0 Å². The van der Waals surface area contributed by atoms with Gasteiger partial charge in [-0.3, -0.25) is 0 Å². The molecule has 0 atom stereocenters. The molecule has 0 radical (unpaired) electrons. The van der Waals surface area contributed by atoms with Crippen LogP contribution in [0, 0.1) is 5.41 Å². The van der Waals surface area contributed by atoms with Gasteiger partial charge in [0.2, 0.25) is 0 Å². The van der Waals surface area contributed by atoms with Crippen molar-refractivity contribution in [2.45, 2.75) is 46.6 Å². The Morgan fingerprint density at radius 1 is 1.05 bits per heavy atom. The summed E-state index contributed by atoms with van der Waals surface area (Å²) in [5.74, 6) is 0.913. The van der Waals surface area contributed by atoms with E-state index in [9.17, 15) is 0 Å². The molecule has 20 heavy (non-hydrogen) atoms. The number of nitrogen functional groups attached to an aromatic ring is 1. The van der Waals surface area contributed by atoms with Crippen LogP contribution in [0.25, 0.3) is 10.9 Å². The highest BCUT2D eigenvalue weighted by molar-refractivity contribution is 5.83. The molecular formula is C17H25N3. The molecule has 0 aliphatic rings. The number of fused-ring (bicyclic) bond motifs is 1. The summed E-state index contributed by atoms with van der Waals surface area (Å²) in [6.07, 6.45) is 1.07. The molecule has 0 spiro atoms. The SMILES string of the molecule is CC(C)(C)CC(C)(C)Nc1ccc2cc(N)ccc2n1. The van der Waals surface area contributed by atoms with Crippen molar-refractivity contribution in [3.63, 3.8) is 0 Å². The lowest BCUT2D eigenvalue weighted by atomic mass is 9.82. The van der Waals surface area contributed by atoms with Gasteiger partial charge in [0.15, 0.2) is 0 Å². The van der Waals surface area contributed by atoms with E-state index in [2.05, 4.69) is 51.0 Å². The van der Waals surface area contributed by atoms with Crippen molar-refractivity contribution in [1.29, 1.82) is 0 Å². The first-order chi connectivity index (χ1) is 9.15. The van der Waals surface area contributed by atoms with Gasteiger partial charge in [-0.1, -0.05) is 20.8 Å². The first-order valence-corrected chi connectivity index (χ1v) is 7.09. The van der Waals surface area contributed by atoms with Crippen molar-refractivity contribution in [3.05, 3.63) is 30.3 Å². The highest BCUT2D eigenvalue weighted by Crippen LogP contribution is 2.29. The minimum Gasteiger partial charge on any atom is -0.399 e. The first-order valence-electron chi connectivity index (χ1n) is 7.09. The van der Waals surface area contributed by atoms with Crippen LogP contribution in [0.1, 0.15) is 41.0 Å². The van der Waals surface area contributed by atoms with Gasteiger partial charge in [-0.05, 0) is 56.0 Å². The van der Waals surface area contributed by atoms with Crippen molar-refractivity contribution in [3.8, 4) is 0 Å². The largest absolute Gasteiger partial charge is 0.399 e. The van der Waals surface area contributed by atoms with Gasteiger partial charge in [-0.15, -0.1) is 0 Å². The highest BCUT2D eigenvalue weighted by atomic mass is 15.0. The maximum atomic E-state index is 5.79. The molecular weight excluding hydrogens is 246 g/mol. The smallest absolute Gasteiger partial charge is 0.127 e. The van der Waals surface area contributed by atoms with Crippen molar-refractivity contribution >= 4 is 22.4 Å². The van der Waals surface area contributed by atoms with Crippen LogP contribution in [-0.4, -0.2) is 10.5 Å². The Morgan fingerprint density at radius 2 is 1.75 bits per heavy atom. The lowest BCUT2D eigenvalue weighted by Crippen LogP contribution is -2.35. The summed E-state index contributed by atoms with van der Waals surface area (Å²) in [5.41, 5.74) is 7.82. The molecule has 0 amide bonds. The summed E-state index contributed by atoms with van der Waals surface area (Å²) in [5, 5.41) is 4.61. The van der Waals surface area contributed by atoms with E-state index in [0.29, 0.717) is 0 Å². The van der Waals surface area contributed by atoms with Crippen molar-refractivity contribution in [2.24, 2.45) is 5.41 Å². The zero-order valence-electron chi connectivity index (χ0n) is 13.1. The van der Waals surface area contributed by atoms with Gasteiger partial charge in [0, 0.05) is 16.6 Å². The van der Waals surface area contributed by atoms with Crippen LogP contribution in [0.15, 0.2) is 30.3 Å². The molecule has 0 unspecified atom stereocenters. The van der Waals surface area contributed by atoms with Crippen LogP contribution in [0.4, 0.5) is 11.5 Å². The van der Waals surface area contributed by atoms with Crippen LogP contribution < -0.4 is 11.1 Å². The fourth-order valence-electron chi connectivity index (χ4n) is 2.93. The van der Waals surface area contributed by atoms with Crippen molar-refractivity contribution < 1.29 is 0 Å². The Morgan fingerprint density at radius 3 is 2.40 bits per heavy atom. The number of hydrogen-bond acceptors (Lipinski definition) is 3. The Hall–Kier alpha value is -1.77. The van der Waals surface area contributed by atoms with E-state index >= 15 is 0 Å². The number of pyridine rings is 1. The number of aromatic nitrogens is 1. The molecule has 3 nitrogen and oxygen atoms in total. The molecule has 0 saturated carbocycles. The Labute approximate surface area is 121 Å². The van der Waals surface area contributed by atoms with Crippen molar-refractivity contribution in [2.75, 3.05) is 11.1 Å². The van der Waals surface area contributed by atoms with E-state index < -0.39 is 0 Å². The molecule has 3 heteroatoms. The second kappa shape index (κ2) is 4.97. The summed E-state index contributed by atoms with van der Waals surface area (Å²) in [6.45, 7) is 11.2. The van der Waals surface area contributed by atoms with Crippen LogP contribution >= 0.6 is 0 Å². The van der Waals surface area contributed by atoms with E-state index in [4.69, 9.17) is 5.73 Å². The molecule has 0 aliphatic carbocycles. The molecule has 0 saturated heterocycles. The molecule has 3 N–H and O–H groups in total. The van der Waals surface area contributed by atoms with Crippen molar-refractivity contribution in [1.82, 2.24) is 4.98 Å². The molecule has 1 aromatic carbocycles. The molecule has 1 heterocycles. The number of anilines is 2. The number of nitrogens with one attached hydrogen (secondary N) is 1. The molecule has 2 rings (SSSR count). The number of nitrogens with zero attached hydrogens (tertiary/aromatic N) is 1. The van der Waals surface area contributed by atoms with Gasteiger partial charge in [0.1, 0.15) is 5.82 Å². The number of benzene rings is 1. The summed E-state index contributed by atoms with van der Waals surface area (Å²) < 4.78 is 0. The highest BCUT2D eigenvalue weighted by Gasteiger charge is 2.25. The summed E-state index contributed by atoms with van der Waals surface area (Å²) in [6, 6.07) is 9.89. The average molecular weight is 271 g/mol. The molecule has 0 aliphatic heterocycles. The average Bonchev–Trinajstić information content (AvgIpc) is 2.25. The van der Waals surface area contributed by atoms with Gasteiger partial charge in [-0.2, -0.15) is 0 Å². The Kier molecular flexibility index (Phi) is 3.63. The monoisotopic (exact) mass is 271 g/mol. The summed E-state index contributed by atoms with van der Waals surface area (Å²) in [4.78, 5) is 4.66. The summed E-state index contributed by atoms with van der Waals surface area (Å²) in [7, 11) is 0. The van der Waals surface area contributed by atoms with Crippen LogP contribution in [0.5, 0.6) is 0 Å². The van der Waals surface area contributed by atoms with E-state index in [0.717, 1.165) is 28.8 Å². The van der Waals surface area contributed by atoms with E-state index in [1.54, 1.807) is 0 Å². The van der Waals surface area contributed by atoms with Gasteiger partial charge in [0.25, 0.3) is 0 Å². The third-order valence-corrected chi connectivity index (χ3v) is 3.15. The van der Waals surface area contributed by atoms with Gasteiger partial charge in [0.05, 0.1) is 5.52 Å². The number of hydrogen-bond donors (Lipinski definition) is 2. The maximum Gasteiger partial charge on any atom is 0.127 e. The predicted molar refractivity (Wildman–Crippen MR) is 87.9 cm³/mol. The number of nitrogens with two attached hydrogens (primary N) is 1. The number of rotatable bonds is 3. The van der Waals surface area contributed by atoms with E-state index in [-0.39, 0.29) is 11.0 Å². The topological polar surface area (TPSA) is 50.9 Å². The maximum absolute atomic E-state index is 5.79. The first kappa shape index (κ1) is 14.6. The van der Waals surface area contributed by atoms with Crippen LogP contribution in [-0.2, 0) is 0 Å². The molecule has 0 fully saturated rings. The molecule has 2 aromatic rings. The fraction of sp³-hybridized carbons (Fsp3) is 0.471. The minimum atomic E-state index is 0.00668. The van der Waals surface area contributed by atoms with E-state index in [1.807, 2.05) is 24.3 Å². The molecule has 108 valence electrons. The van der Waals surface area contributed by atoms with Gasteiger partial charge in [-0.25, -0.2) is 4.98 Å². The standard InChI is InChI=1S/C17H25N3/c1-16(2,3)11-17(4,5)20-15-9-6-12-10-13(18)7-8-14(12)19-15/h6-10H,11,18H2,1-5H3,(H,19,20). The van der Waals surface area contributed by atoms with E-state index in [1.165, 1.54) is 0 Å². The zero-order chi connectivity index (χ0) is 15.0. The lowest BCUT2D eigenvalue weighted by Gasteiger charge is -2.33. The fourth-order valence-corrected chi connectivity index (χ4v) is 2.93. The van der Waals surface area contributed by atoms with Crippen LogP contribution in [0.3, 0.4) is 0 Å². The normalized spacial score (nSPS) is 12.7. The lowest BCUT2D eigenvalue weighted by molar-refractivity contribution is 0.302. The molecule has 1 aromatic heterocycles. The van der Waals surface area contributed by atoms with Crippen LogP contribution in [0.2, 0.25) is 0 Å². The second-order valence-corrected chi connectivity index (χ2v) is 7.39. The third kappa shape index (κ3) is 3.86. The quantitative estimate of drug-likeness (QED) is 0.811. The predicted octanol–water partition coefficient (Wildman–Crippen LogP) is 4.44. The zero-order valence-corrected chi connectivity index (χ0v) is 13.1. The minimum absolute atomic E-state index is 0.00668.